The summed E-state index contributed by atoms with van der Waals surface area (Å²) in [5.74, 6) is -0.722. The van der Waals surface area contributed by atoms with Crippen LogP contribution in [0, 0.1) is 0 Å². The summed E-state index contributed by atoms with van der Waals surface area (Å²) in [4.78, 5) is 10.2. The van der Waals surface area contributed by atoms with Gasteiger partial charge in [0.05, 0.1) is 0 Å². The van der Waals surface area contributed by atoms with Crippen LogP contribution < -0.4 is 0 Å². The summed E-state index contributed by atoms with van der Waals surface area (Å²) in [6, 6.07) is 6.12. The molecule has 74 valence electrons. The van der Waals surface area contributed by atoms with Gasteiger partial charge in [-0.3, -0.25) is 4.79 Å². The number of carboxylic acid groups (broad SMARTS) is 1. The molecule has 0 bridgehead atoms. The minimum Gasteiger partial charge on any atom is -0.481 e. The third-order valence-electron chi connectivity index (χ3n) is 1.95. The average Bonchev–Trinajstić information content (AvgIpc) is 2.78. The second-order valence-electron chi connectivity index (χ2n) is 2.91. The minimum atomic E-state index is -0.750. The van der Waals surface area contributed by atoms with Crippen molar-refractivity contribution in [3.8, 4) is 11.1 Å². The van der Waals surface area contributed by atoms with Crippen LogP contribution in [-0.2, 0) is 11.2 Å². The van der Waals surface area contributed by atoms with Crippen LogP contribution in [0.2, 0.25) is 0 Å². The molecular weight excluding hydrogens is 183 g/mol. The van der Waals surface area contributed by atoms with Gasteiger partial charge in [-0.2, -0.15) is 0 Å². The van der Waals surface area contributed by atoms with E-state index in [-0.39, 0.29) is 6.42 Å². The lowest BCUT2D eigenvalue weighted by Gasteiger charge is -1.91. The fourth-order valence-corrected chi connectivity index (χ4v) is 1.28. The molecular formula is C9H11BO4. The number of hydrogen-bond donors (Lipinski definition) is 3. The Morgan fingerprint density at radius 3 is 2.36 bits per heavy atom. The molecule has 0 atom stereocenters. The smallest absolute Gasteiger partial charge is 0.432 e. The molecule has 0 heterocycles. The first-order valence-electron chi connectivity index (χ1n) is 4.26. The number of hydrogen-bond acceptors (Lipinski definition) is 3. The monoisotopic (exact) mass is 194 g/mol. The van der Waals surface area contributed by atoms with Crippen molar-refractivity contribution in [2.24, 2.45) is 0 Å². The number of aliphatic carboxylic acids is 1. The Kier molecular flexibility index (Phi) is 3.68. The summed E-state index contributed by atoms with van der Waals surface area (Å²) in [5.41, 5.74) is 3.74. The highest BCUT2D eigenvalue weighted by Gasteiger charge is 2.16. The van der Waals surface area contributed by atoms with Crippen molar-refractivity contribution in [2.45, 2.75) is 12.8 Å². The first-order valence-corrected chi connectivity index (χ1v) is 4.26. The van der Waals surface area contributed by atoms with E-state index in [0.717, 1.165) is 0 Å². The van der Waals surface area contributed by atoms with Crippen LogP contribution in [0.15, 0.2) is 18.2 Å². The molecule has 0 radical (unpaired) electrons. The zero-order valence-corrected chi connectivity index (χ0v) is 7.60. The second-order valence-corrected chi connectivity index (χ2v) is 2.91. The minimum absolute atomic E-state index is 0.240. The summed E-state index contributed by atoms with van der Waals surface area (Å²) in [7, 11) is -0.750. The van der Waals surface area contributed by atoms with Crippen LogP contribution in [0.3, 0.4) is 0 Å². The normalized spacial score (nSPS) is 9.86. The van der Waals surface area contributed by atoms with Gasteiger partial charge >= 0.3 is 13.7 Å². The molecule has 0 aromatic rings. The molecule has 2 aliphatic rings. The fourth-order valence-electron chi connectivity index (χ4n) is 1.28. The second kappa shape index (κ2) is 4.78. The molecule has 0 amide bonds. The molecule has 5 heteroatoms. The molecule has 0 saturated heterocycles. The number of carboxylic acids is 1. The van der Waals surface area contributed by atoms with E-state index in [4.69, 9.17) is 15.2 Å². The summed E-state index contributed by atoms with van der Waals surface area (Å²) >= 11 is 0. The van der Waals surface area contributed by atoms with Gasteiger partial charge in [-0.1, -0.05) is 12.1 Å². The standard InChI is InChI=1S/C9H8O2.BH3O2/c10-9(11)4-3-6-1-2-7-5-8(6)7;2-1-3/h1-2,5H,3-4H2,(H,10,11);1-3H. The SMILES string of the molecule is O=C(O)CCc1ccc2cc1-2.OBO. The Morgan fingerprint density at radius 1 is 1.36 bits per heavy atom. The van der Waals surface area contributed by atoms with Crippen molar-refractivity contribution in [2.75, 3.05) is 0 Å². The Labute approximate surface area is 82.1 Å². The van der Waals surface area contributed by atoms with E-state index in [1.807, 2.05) is 12.1 Å². The first-order chi connectivity index (χ1) is 6.69. The van der Waals surface area contributed by atoms with E-state index >= 15 is 0 Å². The van der Waals surface area contributed by atoms with Gasteiger partial charge < -0.3 is 15.2 Å². The van der Waals surface area contributed by atoms with E-state index in [1.54, 1.807) is 0 Å². The van der Waals surface area contributed by atoms with Crippen LogP contribution >= 0.6 is 0 Å². The van der Waals surface area contributed by atoms with E-state index in [9.17, 15) is 4.79 Å². The fraction of sp³-hybridized carbons (Fsp3) is 0.222. The Hall–Kier alpha value is -1.33. The largest absolute Gasteiger partial charge is 0.481 e. The van der Waals surface area contributed by atoms with Crippen LogP contribution in [0.1, 0.15) is 12.0 Å². The molecule has 0 fully saturated rings. The Bertz CT molecular complexity index is 338. The lowest BCUT2D eigenvalue weighted by Crippen LogP contribution is -1.96. The zero-order valence-electron chi connectivity index (χ0n) is 7.60. The van der Waals surface area contributed by atoms with E-state index in [0.29, 0.717) is 6.42 Å². The molecule has 0 unspecified atom stereocenters. The lowest BCUT2D eigenvalue weighted by atomic mass is 10.1. The molecule has 4 nitrogen and oxygen atoms in total. The van der Waals surface area contributed by atoms with Gasteiger partial charge in [0.15, 0.2) is 0 Å². The van der Waals surface area contributed by atoms with Gasteiger partial charge in [0.25, 0.3) is 0 Å². The quantitative estimate of drug-likeness (QED) is 0.597. The molecule has 2 aliphatic carbocycles. The van der Waals surface area contributed by atoms with Crippen LogP contribution in [0.25, 0.3) is 11.1 Å². The van der Waals surface area contributed by atoms with Crippen molar-refractivity contribution < 1.29 is 19.9 Å². The summed E-state index contributed by atoms with van der Waals surface area (Å²) in [6.45, 7) is 0. The van der Waals surface area contributed by atoms with Crippen molar-refractivity contribution in [3.63, 3.8) is 0 Å². The molecule has 0 aromatic heterocycles. The molecule has 0 aromatic carbocycles. The summed E-state index contributed by atoms with van der Waals surface area (Å²) in [6.07, 6.45) is 0.908. The zero-order chi connectivity index (χ0) is 10.6. The first kappa shape index (κ1) is 10.8. The van der Waals surface area contributed by atoms with Crippen molar-refractivity contribution in [1.29, 1.82) is 0 Å². The third kappa shape index (κ3) is 2.87. The van der Waals surface area contributed by atoms with Crippen LogP contribution in [-0.4, -0.2) is 28.8 Å². The lowest BCUT2D eigenvalue weighted by molar-refractivity contribution is -0.136. The number of aryl methyl sites for hydroxylation is 1. The van der Waals surface area contributed by atoms with Gasteiger partial charge in [0.2, 0.25) is 0 Å². The molecule has 14 heavy (non-hydrogen) atoms. The third-order valence-corrected chi connectivity index (χ3v) is 1.95. The van der Waals surface area contributed by atoms with Crippen LogP contribution in [0.5, 0.6) is 0 Å². The Morgan fingerprint density at radius 2 is 2.00 bits per heavy atom. The van der Waals surface area contributed by atoms with Gasteiger partial charge in [-0.25, -0.2) is 0 Å². The van der Waals surface area contributed by atoms with Crippen molar-refractivity contribution in [1.82, 2.24) is 0 Å². The van der Waals surface area contributed by atoms with E-state index in [2.05, 4.69) is 6.07 Å². The highest BCUT2D eigenvalue weighted by Crippen LogP contribution is 2.38. The number of fused-ring (bicyclic) bond motifs is 1. The molecule has 3 N–H and O–H groups in total. The average molecular weight is 194 g/mol. The van der Waals surface area contributed by atoms with Crippen LogP contribution in [0.4, 0.5) is 0 Å². The highest BCUT2D eigenvalue weighted by molar-refractivity contribution is 6.13. The molecule has 0 spiro atoms. The van der Waals surface area contributed by atoms with Gasteiger partial charge in [-0.15, -0.1) is 0 Å². The van der Waals surface area contributed by atoms with Crippen molar-refractivity contribution in [3.05, 3.63) is 23.8 Å². The van der Waals surface area contributed by atoms with Gasteiger partial charge in [0, 0.05) is 6.42 Å². The number of carbonyl (C=O) groups is 1. The maximum Gasteiger partial charge on any atom is 0.432 e. The number of rotatable bonds is 3. The topological polar surface area (TPSA) is 77.8 Å². The summed E-state index contributed by atoms with van der Waals surface area (Å²) < 4.78 is 0. The van der Waals surface area contributed by atoms with E-state index < -0.39 is 13.7 Å². The maximum absolute atomic E-state index is 10.2. The predicted octanol–water partition coefficient (Wildman–Crippen LogP) is -0.0783. The molecule has 0 saturated carbocycles. The highest BCUT2D eigenvalue weighted by atomic mass is 16.4. The maximum atomic E-state index is 10.2. The Balaban J connectivity index is 0.000000293. The van der Waals surface area contributed by atoms with Crippen molar-refractivity contribution >= 4 is 13.7 Å². The van der Waals surface area contributed by atoms with E-state index in [1.165, 1.54) is 16.7 Å². The molecule has 0 aliphatic heterocycles. The van der Waals surface area contributed by atoms with Gasteiger partial charge in [0.1, 0.15) is 0 Å². The predicted molar refractivity (Wildman–Crippen MR) is 53.0 cm³/mol. The van der Waals surface area contributed by atoms with Gasteiger partial charge in [-0.05, 0) is 29.2 Å². The number of benzene rings is 1. The molecule has 2 rings (SSSR count). The summed E-state index contributed by atoms with van der Waals surface area (Å²) in [5, 5.41) is 22.7.